The number of ether oxygens (including phenoxy) is 1. The summed E-state index contributed by atoms with van der Waals surface area (Å²) in [5, 5.41) is 2.32. The SMILES string of the molecule is COc1ccc(Cl)c(-c2cc3[nH]c(=O)n(-c4cncc5c(Cl)cccc45)c(=O)c3s2)c1. The van der Waals surface area contributed by atoms with Crippen molar-refractivity contribution in [2.24, 2.45) is 0 Å². The molecule has 0 unspecified atom stereocenters. The summed E-state index contributed by atoms with van der Waals surface area (Å²) in [6.45, 7) is 0. The number of pyridine rings is 1. The Labute approximate surface area is 189 Å². The zero-order chi connectivity index (χ0) is 21.7. The van der Waals surface area contributed by atoms with E-state index in [0.717, 1.165) is 9.44 Å². The fourth-order valence-electron chi connectivity index (χ4n) is 3.50. The second kappa shape index (κ2) is 7.53. The molecule has 0 aliphatic carbocycles. The minimum atomic E-state index is -0.562. The van der Waals surface area contributed by atoms with E-state index in [4.69, 9.17) is 27.9 Å². The van der Waals surface area contributed by atoms with Gasteiger partial charge in [-0.3, -0.25) is 9.78 Å². The van der Waals surface area contributed by atoms with Crippen molar-refractivity contribution in [1.82, 2.24) is 14.5 Å². The molecule has 0 fully saturated rings. The molecule has 0 aliphatic heterocycles. The third kappa shape index (κ3) is 3.22. The molecule has 0 spiro atoms. The Bertz CT molecular complexity index is 1600. The molecule has 1 N–H and O–H groups in total. The summed E-state index contributed by atoms with van der Waals surface area (Å²) in [4.78, 5) is 34.0. The van der Waals surface area contributed by atoms with Crippen molar-refractivity contribution in [2.75, 3.05) is 7.11 Å². The number of benzene rings is 2. The number of thiophene rings is 1. The highest BCUT2D eigenvalue weighted by atomic mass is 35.5. The number of hydrogen-bond donors (Lipinski definition) is 1. The molecule has 31 heavy (non-hydrogen) atoms. The molecule has 0 radical (unpaired) electrons. The molecule has 0 bridgehead atoms. The highest BCUT2D eigenvalue weighted by Crippen LogP contribution is 2.37. The van der Waals surface area contributed by atoms with Crippen molar-refractivity contribution in [2.45, 2.75) is 0 Å². The van der Waals surface area contributed by atoms with E-state index in [2.05, 4.69) is 9.97 Å². The van der Waals surface area contributed by atoms with Crippen LogP contribution >= 0.6 is 34.5 Å². The highest BCUT2D eigenvalue weighted by molar-refractivity contribution is 7.22. The second-order valence-electron chi connectivity index (χ2n) is 6.76. The van der Waals surface area contributed by atoms with E-state index in [1.54, 1.807) is 55.8 Å². The monoisotopic (exact) mass is 469 g/mol. The summed E-state index contributed by atoms with van der Waals surface area (Å²) in [5.41, 5.74) is 0.516. The fourth-order valence-corrected chi connectivity index (χ4v) is 5.07. The van der Waals surface area contributed by atoms with Gasteiger partial charge >= 0.3 is 5.69 Å². The molecule has 5 aromatic rings. The Morgan fingerprint density at radius 2 is 1.87 bits per heavy atom. The van der Waals surface area contributed by atoms with E-state index in [0.29, 0.717) is 48.0 Å². The molecule has 0 saturated carbocycles. The van der Waals surface area contributed by atoms with Gasteiger partial charge in [0.2, 0.25) is 0 Å². The van der Waals surface area contributed by atoms with E-state index in [1.165, 1.54) is 17.5 Å². The molecule has 5 rings (SSSR count). The van der Waals surface area contributed by atoms with Crippen molar-refractivity contribution in [3.63, 3.8) is 0 Å². The zero-order valence-corrected chi connectivity index (χ0v) is 18.3. The molecule has 9 heteroatoms. The molecule has 0 amide bonds. The average molecular weight is 470 g/mol. The van der Waals surface area contributed by atoms with Crippen molar-refractivity contribution in [3.05, 3.63) is 85.7 Å². The van der Waals surface area contributed by atoms with Crippen LogP contribution in [-0.2, 0) is 0 Å². The Balaban J connectivity index is 1.78. The van der Waals surface area contributed by atoms with Crippen LogP contribution in [-0.4, -0.2) is 21.6 Å². The van der Waals surface area contributed by atoms with Gasteiger partial charge < -0.3 is 9.72 Å². The lowest BCUT2D eigenvalue weighted by atomic mass is 10.1. The molecule has 0 aliphatic rings. The van der Waals surface area contributed by atoms with Gasteiger partial charge in [-0.05, 0) is 30.3 Å². The van der Waals surface area contributed by atoms with Crippen molar-refractivity contribution in [3.8, 4) is 21.9 Å². The van der Waals surface area contributed by atoms with Gasteiger partial charge in [0.1, 0.15) is 10.4 Å². The van der Waals surface area contributed by atoms with E-state index in [9.17, 15) is 9.59 Å². The summed E-state index contributed by atoms with van der Waals surface area (Å²) in [7, 11) is 1.57. The van der Waals surface area contributed by atoms with Gasteiger partial charge in [0.25, 0.3) is 5.56 Å². The summed E-state index contributed by atoms with van der Waals surface area (Å²) in [6.07, 6.45) is 3.08. The number of aromatic amines is 1. The minimum Gasteiger partial charge on any atom is -0.497 e. The average Bonchev–Trinajstić information content (AvgIpc) is 3.19. The smallest absolute Gasteiger partial charge is 0.333 e. The summed E-state index contributed by atoms with van der Waals surface area (Å²) >= 11 is 13.9. The maximum Gasteiger partial charge on any atom is 0.333 e. The maximum atomic E-state index is 13.4. The van der Waals surface area contributed by atoms with Crippen molar-refractivity contribution in [1.29, 1.82) is 0 Å². The quantitative estimate of drug-likeness (QED) is 0.390. The van der Waals surface area contributed by atoms with E-state index >= 15 is 0 Å². The van der Waals surface area contributed by atoms with E-state index < -0.39 is 11.2 Å². The number of fused-ring (bicyclic) bond motifs is 2. The number of nitrogens with zero attached hydrogens (tertiary/aromatic N) is 2. The molecule has 0 atom stereocenters. The van der Waals surface area contributed by atoms with Gasteiger partial charge in [-0.15, -0.1) is 11.3 Å². The Kier molecular flexibility index (Phi) is 4.81. The highest BCUT2D eigenvalue weighted by Gasteiger charge is 2.17. The van der Waals surface area contributed by atoms with Crippen LogP contribution in [0.5, 0.6) is 5.75 Å². The molecular formula is C22H13Cl2N3O3S. The van der Waals surface area contributed by atoms with E-state index in [-0.39, 0.29) is 0 Å². The van der Waals surface area contributed by atoms with Crippen LogP contribution in [0.1, 0.15) is 0 Å². The van der Waals surface area contributed by atoms with Crippen LogP contribution < -0.4 is 16.0 Å². The van der Waals surface area contributed by atoms with Crippen molar-refractivity contribution >= 4 is 55.5 Å². The van der Waals surface area contributed by atoms with Crippen LogP contribution in [0.4, 0.5) is 0 Å². The number of nitrogens with one attached hydrogen (secondary N) is 1. The Morgan fingerprint density at radius 1 is 1.03 bits per heavy atom. The largest absolute Gasteiger partial charge is 0.497 e. The predicted molar refractivity (Wildman–Crippen MR) is 125 cm³/mol. The summed E-state index contributed by atoms with van der Waals surface area (Å²) in [5.74, 6) is 0.640. The van der Waals surface area contributed by atoms with Gasteiger partial charge in [0, 0.05) is 32.4 Å². The molecule has 3 aromatic heterocycles. The van der Waals surface area contributed by atoms with Gasteiger partial charge in [-0.1, -0.05) is 35.3 Å². The molecule has 154 valence electrons. The maximum absolute atomic E-state index is 13.4. The number of aromatic nitrogens is 3. The molecule has 6 nitrogen and oxygen atoms in total. The van der Waals surface area contributed by atoms with Crippen LogP contribution in [0.3, 0.4) is 0 Å². The standard InChI is InChI=1S/C22H13Cl2N3O3S/c1-30-11-5-6-16(24)13(7-11)19-8-17-20(31-19)21(28)27(22(29)26-17)18-10-25-9-14-12(18)3-2-4-15(14)23/h2-10H,1H3,(H,26,29). The normalized spacial score (nSPS) is 11.3. The van der Waals surface area contributed by atoms with Gasteiger partial charge in [0.05, 0.1) is 29.5 Å². The van der Waals surface area contributed by atoms with Gasteiger partial charge in [-0.2, -0.15) is 0 Å². The summed E-state index contributed by atoms with van der Waals surface area (Å²) < 4.78 is 6.76. The number of halogens is 2. The van der Waals surface area contributed by atoms with Crippen LogP contribution in [0.15, 0.2) is 64.4 Å². The van der Waals surface area contributed by atoms with E-state index in [1.807, 2.05) is 0 Å². The topological polar surface area (TPSA) is 77.0 Å². The Hall–Kier alpha value is -3.13. The second-order valence-corrected chi connectivity index (χ2v) is 8.63. The van der Waals surface area contributed by atoms with Gasteiger partial charge in [0.15, 0.2) is 0 Å². The fraction of sp³-hybridized carbons (Fsp3) is 0.0455. The van der Waals surface area contributed by atoms with Crippen LogP contribution in [0.25, 0.3) is 37.1 Å². The van der Waals surface area contributed by atoms with Gasteiger partial charge in [-0.25, -0.2) is 9.36 Å². The van der Waals surface area contributed by atoms with Crippen LogP contribution in [0.2, 0.25) is 10.0 Å². The third-order valence-corrected chi connectivity index (χ3v) is 6.80. The lowest BCUT2D eigenvalue weighted by Crippen LogP contribution is -2.33. The lowest BCUT2D eigenvalue weighted by molar-refractivity contribution is 0.415. The predicted octanol–water partition coefficient (Wildman–Crippen LogP) is 5.27. The zero-order valence-electron chi connectivity index (χ0n) is 16.0. The first-order valence-corrected chi connectivity index (χ1v) is 10.7. The lowest BCUT2D eigenvalue weighted by Gasteiger charge is -2.08. The number of rotatable bonds is 3. The first-order valence-electron chi connectivity index (χ1n) is 9.13. The molecule has 3 heterocycles. The third-order valence-electron chi connectivity index (χ3n) is 4.98. The number of hydrogen-bond acceptors (Lipinski definition) is 5. The van der Waals surface area contributed by atoms with Crippen LogP contribution in [0, 0.1) is 0 Å². The van der Waals surface area contributed by atoms with Crippen molar-refractivity contribution < 1.29 is 4.74 Å². The summed E-state index contributed by atoms with van der Waals surface area (Å²) in [6, 6.07) is 12.3. The number of H-pyrrole nitrogens is 1. The minimum absolute atomic E-state index is 0.363. The molecule has 0 saturated heterocycles. The molecule has 2 aromatic carbocycles. The first kappa shape index (κ1) is 19.8. The first-order chi connectivity index (χ1) is 15.0. The molecular weight excluding hydrogens is 457 g/mol. The number of methoxy groups -OCH3 is 1. The Morgan fingerprint density at radius 3 is 2.68 bits per heavy atom.